The average Bonchev–Trinajstić information content (AvgIpc) is 1.88. The standard InChI is InChI=1S/C9H11.Al/c1-8(2)9-6-4-3-5-7-9;/h3-7H,1-2H3;/q;+2. The van der Waals surface area contributed by atoms with Crippen molar-refractivity contribution < 1.29 is 0 Å². The normalized spacial score (nSPS) is 11.6. The van der Waals surface area contributed by atoms with Crippen molar-refractivity contribution in [2.45, 2.75) is 18.1 Å². The zero-order valence-corrected chi connectivity index (χ0v) is 7.62. The molecule has 48 valence electrons. The SMILES string of the molecule is C[C](C)([Al+2])c1ccccc1. The van der Waals surface area contributed by atoms with Gasteiger partial charge in [0, 0.05) is 0 Å². The van der Waals surface area contributed by atoms with E-state index in [1.54, 1.807) is 0 Å². The predicted octanol–water partition coefficient (Wildman–Crippen LogP) is 2.09. The van der Waals surface area contributed by atoms with Crippen molar-refractivity contribution >= 4 is 16.3 Å². The van der Waals surface area contributed by atoms with Gasteiger partial charge in [-0.15, -0.1) is 0 Å². The van der Waals surface area contributed by atoms with Gasteiger partial charge >= 0.3 is 70.3 Å². The minimum absolute atomic E-state index is 0.210. The summed E-state index contributed by atoms with van der Waals surface area (Å²) >= 11 is 2.83. The molecule has 0 aliphatic carbocycles. The van der Waals surface area contributed by atoms with E-state index in [1.165, 1.54) is 5.56 Å². The molecule has 0 heterocycles. The summed E-state index contributed by atoms with van der Waals surface area (Å²) in [6.45, 7) is 4.38. The Morgan fingerprint density at radius 2 is 1.60 bits per heavy atom. The van der Waals surface area contributed by atoms with E-state index in [4.69, 9.17) is 0 Å². The second kappa shape index (κ2) is 2.78. The summed E-state index contributed by atoms with van der Waals surface area (Å²) in [6, 6.07) is 10.5. The monoisotopic (exact) mass is 146 g/mol. The molecule has 0 fully saturated rings. The van der Waals surface area contributed by atoms with Gasteiger partial charge < -0.3 is 0 Å². The Bertz CT molecular complexity index is 196. The van der Waals surface area contributed by atoms with Crippen LogP contribution in [0.5, 0.6) is 0 Å². The van der Waals surface area contributed by atoms with Gasteiger partial charge in [0.25, 0.3) is 0 Å². The average molecular weight is 146 g/mol. The summed E-state index contributed by atoms with van der Waals surface area (Å²) in [6.07, 6.45) is 0. The fourth-order valence-corrected chi connectivity index (χ4v) is 1.06. The second-order valence-corrected chi connectivity index (χ2v) is 4.53. The first-order valence-electron chi connectivity index (χ1n) is 3.45. The molecule has 0 atom stereocenters. The van der Waals surface area contributed by atoms with E-state index in [9.17, 15) is 0 Å². The van der Waals surface area contributed by atoms with Gasteiger partial charge in [-0.3, -0.25) is 0 Å². The Morgan fingerprint density at radius 3 is 1.90 bits per heavy atom. The summed E-state index contributed by atoms with van der Waals surface area (Å²) in [7, 11) is 0. The van der Waals surface area contributed by atoms with Crippen molar-refractivity contribution in [3.8, 4) is 0 Å². The van der Waals surface area contributed by atoms with Gasteiger partial charge in [0.1, 0.15) is 0 Å². The molecule has 1 aromatic rings. The Morgan fingerprint density at radius 1 is 1.10 bits per heavy atom. The quantitative estimate of drug-likeness (QED) is 0.532. The van der Waals surface area contributed by atoms with Gasteiger partial charge in [-0.2, -0.15) is 0 Å². The fraction of sp³-hybridized carbons (Fsp3) is 0.333. The Kier molecular flexibility index (Phi) is 2.18. The third-order valence-corrected chi connectivity index (χ3v) is 1.85. The van der Waals surface area contributed by atoms with Crippen molar-refractivity contribution in [2.24, 2.45) is 0 Å². The topological polar surface area (TPSA) is 0 Å². The van der Waals surface area contributed by atoms with Crippen molar-refractivity contribution in [1.29, 1.82) is 0 Å². The Hall–Kier alpha value is -0.248. The Labute approximate surface area is 70.7 Å². The van der Waals surface area contributed by atoms with Crippen LogP contribution in [0.4, 0.5) is 0 Å². The van der Waals surface area contributed by atoms with Crippen LogP contribution in [-0.2, 0) is 4.28 Å². The number of hydrogen-bond acceptors (Lipinski definition) is 0. The first-order valence-corrected chi connectivity index (χ1v) is 4.03. The first kappa shape index (κ1) is 7.86. The molecule has 0 saturated heterocycles. The molecule has 0 aliphatic heterocycles. The van der Waals surface area contributed by atoms with Crippen molar-refractivity contribution in [2.75, 3.05) is 0 Å². The summed E-state index contributed by atoms with van der Waals surface area (Å²) < 4.78 is 0.210. The van der Waals surface area contributed by atoms with E-state index in [0.717, 1.165) is 0 Å². The van der Waals surface area contributed by atoms with Gasteiger partial charge in [0.2, 0.25) is 0 Å². The van der Waals surface area contributed by atoms with Crippen molar-refractivity contribution in [1.82, 2.24) is 0 Å². The van der Waals surface area contributed by atoms with E-state index in [2.05, 4.69) is 54.4 Å². The molecular weight excluding hydrogens is 135 g/mol. The molecule has 0 saturated carbocycles. The maximum atomic E-state index is 2.83. The summed E-state index contributed by atoms with van der Waals surface area (Å²) in [5, 5.41) is 0. The van der Waals surface area contributed by atoms with E-state index in [1.807, 2.05) is 6.07 Å². The summed E-state index contributed by atoms with van der Waals surface area (Å²) in [5.41, 5.74) is 1.36. The molecule has 0 aromatic heterocycles. The maximum absolute atomic E-state index is 2.83. The summed E-state index contributed by atoms with van der Waals surface area (Å²) in [5.74, 6) is 0. The molecule has 0 bridgehead atoms. The van der Waals surface area contributed by atoms with Crippen LogP contribution in [0, 0.1) is 0 Å². The third kappa shape index (κ3) is 1.87. The molecule has 10 heavy (non-hydrogen) atoms. The predicted molar refractivity (Wildman–Crippen MR) is 45.2 cm³/mol. The van der Waals surface area contributed by atoms with Gasteiger partial charge in [0.05, 0.1) is 0 Å². The van der Waals surface area contributed by atoms with Crippen LogP contribution >= 0.6 is 0 Å². The van der Waals surface area contributed by atoms with Gasteiger partial charge in [0.15, 0.2) is 0 Å². The molecule has 1 heteroatoms. The van der Waals surface area contributed by atoms with E-state index in [-0.39, 0.29) is 4.28 Å². The molecule has 0 N–H and O–H groups in total. The first-order chi connectivity index (χ1) is 4.61. The van der Waals surface area contributed by atoms with Crippen LogP contribution in [0.2, 0.25) is 0 Å². The van der Waals surface area contributed by atoms with Gasteiger partial charge in [-0.25, -0.2) is 0 Å². The van der Waals surface area contributed by atoms with Gasteiger partial charge in [-0.1, -0.05) is 0 Å². The van der Waals surface area contributed by atoms with Gasteiger partial charge in [-0.05, 0) is 0 Å². The van der Waals surface area contributed by atoms with Crippen LogP contribution in [0.1, 0.15) is 19.4 Å². The molecule has 0 radical (unpaired) electrons. The van der Waals surface area contributed by atoms with Crippen LogP contribution in [-0.4, -0.2) is 16.3 Å². The van der Waals surface area contributed by atoms with Crippen molar-refractivity contribution in [3.05, 3.63) is 35.9 Å². The second-order valence-electron chi connectivity index (χ2n) is 3.09. The molecular formula is C9H11Al+2. The van der Waals surface area contributed by atoms with E-state index < -0.39 is 0 Å². The number of hydrogen-bond donors (Lipinski definition) is 0. The van der Waals surface area contributed by atoms with E-state index in [0.29, 0.717) is 0 Å². The third-order valence-electron chi connectivity index (χ3n) is 1.52. The molecule has 0 unspecified atom stereocenters. The van der Waals surface area contributed by atoms with Crippen LogP contribution in [0.15, 0.2) is 30.3 Å². The molecule has 0 aliphatic rings. The number of rotatable bonds is 1. The van der Waals surface area contributed by atoms with Crippen LogP contribution < -0.4 is 0 Å². The molecule has 1 rings (SSSR count). The molecule has 0 amide bonds. The van der Waals surface area contributed by atoms with E-state index >= 15 is 0 Å². The zero-order valence-electron chi connectivity index (χ0n) is 6.46. The van der Waals surface area contributed by atoms with Crippen LogP contribution in [0.25, 0.3) is 0 Å². The Balaban J connectivity index is 2.97. The van der Waals surface area contributed by atoms with Crippen molar-refractivity contribution in [3.63, 3.8) is 0 Å². The summed E-state index contributed by atoms with van der Waals surface area (Å²) in [4.78, 5) is 0. The molecule has 1 aromatic carbocycles. The number of benzene rings is 1. The zero-order chi connectivity index (χ0) is 7.61. The van der Waals surface area contributed by atoms with Crippen LogP contribution in [0.3, 0.4) is 0 Å². The molecule has 0 spiro atoms. The fourth-order valence-electron chi connectivity index (χ4n) is 0.868. The molecule has 0 nitrogen and oxygen atoms in total. The minimum atomic E-state index is 0.210.